The van der Waals surface area contributed by atoms with Gasteiger partial charge < -0.3 is 9.84 Å². The summed E-state index contributed by atoms with van der Waals surface area (Å²) in [6, 6.07) is 0. The Morgan fingerprint density at radius 2 is 1.50 bits per heavy atom. The van der Waals surface area contributed by atoms with E-state index in [1.807, 2.05) is 0 Å². The van der Waals surface area contributed by atoms with E-state index in [9.17, 15) is 4.79 Å². The van der Waals surface area contributed by atoms with Crippen LogP contribution >= 0.6 is 11.6 Å². The van der Waals surface area contributed by atoms with Gasteiger partial charge in [-0.1, -0.05) is 19.3 Å². The SMILES string of the molecule is O=C(O)CCCCCOCCCCCCCl. The van der Waals surface area contributed by atoms with Crippen molar-refractivity contribution in [2.75, 3.05) is 19.1 Å². The molecule has 0 aliphatic heterocycles. The maximum absolute atomic E-state index is 10.2. The quantitative estimate of drug-likeness (QED) is 0.426. The van der Waals surface area contributed by atoms with Gasteiger partial charge in [0.1, 0.15) is 0 Å². The number of carbonyl (C=O) groups is 1. The lowest BCUT2D eigenvalue weighted by Crippen LogP contribution is -1.98. The fourth-order valence-electron chi connectivity index (χ4n) is 1.41. The van der Waals surface area contributed by atoms with E-state index >= 15 is 0 Å². The molecule has 0 spiro atoms. The van der Waals surface area contributed by atoms with Gasteiger partial charge in [0.2, 0.25) is 0 Å². The highest BCUT2D eigenvalue weighted by Crippen LogP contribution is 2.03. The Labute approximate surface area is 103 Å². The van der Waals surface area contributed by atoms with E-state index in [1.54, 1.807) is 0 Å². The van der Waals surface area contributed by atoms with E-state index < -0.39 is 5.97 Å². The molecule has 0 atom stereocenters. The summed E-state index contributed by atoms with van der Waals surface area (Å²) in [7, 11) is 0. The zero-order chi connectivity index (χ0) is 12.1. The van der Waals surface area contributed by atoms with Crippen LogP contribution in [0.2, 0.25) is 0 Å². The maximum atomic E-state index is 10.2. The van der Waals surface area contributed by atoms with Gasteiger partial charge in [-0.05, 0) is 25.7 Å². The molecule has 3 nitrogen and oxygen atoms in total. The molecule has 0 fully saturated rings. The fraction of sp³-hybridized carbons (Fsp3) is 0.917. The maximum Gasteiger partial charge on any atom is 0.303 e. The highest BCUT2D eigenvalue weighted by molar-refractivity contribution is 6.17. The average molecular weight is 251 g/mol. The molecule has 0 aromatic heterocycles. The van der Waals surface area contributed by atoms with Crippen LogP contribution in [0, 0.1) is 0 Å². The number of unbranched alkanes of at least 4 members (excludes halogenated alkanes) is 5. The summed E-state index contributed by atoms with van der Waals surface area (Å²) in [6.07, 6.45) is 7.51. The van der Waals surface area contributed by atoms with Crippen LogP contribution in [0.15, 0.2) is 0 Å². The molecular weight excluding hydrogens is 228 g/mol. The zero-order valence-corrected chi connectivity index (χ0v) is 10.7. The van der Waals surface area contributed by atoms with Gasteiger partial charge in [0.05, 0.1) is 0 Å². The largest absolute Gasteiger partial charge is 0.481 e. The van der Waals surface area contributed by atoms with Gasteiger partial charge in [0.15, 0.2) is 0 Å². The molecule has 0 rings (SSSR count). The second kappa shape index (κ2) is 12.8. The topological polar surface area (TPSA) is 46.5 Å². The minimum Gasteiger partial charge on any atom is -0.481 e. The lowest BCUT2D eigenvalue weighted by atomic mass is 10.2. The van der Waals surface area contributed by atoms with Gasteiger partial charge in [-0.15, -0.1) is 11.6 Å². The lowest BCUT2D eigenvalue weighted by molar-refractivity contribution is -0.137. The summed E-state index contributed by atoms with van der Waals surface area (Å²) in [5.74, 6) is 0.0463. The minimum atomic E-state index is -0.708. The molecule has 4 heteroatoms. The van der Waals surface area contributed by atoms with Crippen LogP contribution in [0.4, 0.5) is 0 Å². The lowest BCUT2D eigenvalue weighted by Gasteiger charge is -2.03. The first-order valence-electron chi connectivity index (χ1n) is 6.13. The van der Waals surface area contributed by atoms with Gasteiger partial charge in [-0.2, -0.15) is 0 Å². The Hall–Kier alpha value is -0.280. The number of aliphatic carboxylic acids is 1. The smallest absolute Gasteiger partial charge is 0.303 e. The summed E-state index contributed by atoms with van der Waals surface area (Å²) in [5.41, 5.74) is 0. The molecule has 0 radical (unpaired) electrons. The third-order valence-corrected chi connectivity index (χ3v) is 2.62. The molecule has 0 aromatic rings. The Morgan fingerprint density at radius 3 is 2.06 bits per heavy atom. The first-order chi connectivity index (χ1) is 7.77. The Morgan fingerprint density at radius 1 is 0.938 bits per heavy atom. The van der Waals surface area contributed by atoms with Crippen LogP contribution < -0.4 is 0 Å². The molecule has 0 amide bonds. The van der Waals surface area contributed by atoms with E-state index in [0.29, 0.717) is 0 Å². The number of alkyl halides is 1. The molecule has 0 saturated heterocycles. The molecule has 0 aliphatic rings. The van der Waals surface area contributed by atoms with Gasteiger partial charge in [-0.3, -0.25) is 4.79 Å². The van der Waals surface area contributed by atoms with Crippen molar-refractivity contribution in [2.24, 2.45) is 0 Å². The molecule has 0 aromatic carbocycles. The zero-order valence-electron chi connectivity index (χ0n) is 9.92. The highest BCUT2D eigenvalue weighted by Gasteiger charge is 1.96. The number of rotatable bonds is 12. The summed E-state index contributed by atoms with van der Waals surface area (Å²) in [5, 5.41) is 8.42. The Balaban J connectivity index is 2.90. The molecule has 0 bridgehead atoms. The van der Waals surface area contributed by atoms with Crippen molar-refractivity contribution in [3.63, 3.8) is 0 Å². The monoisotopic (exact) mass is 250 g/mol. The summed E-state index contributed by atoms with van der Waals surface area (Å²) >= 11 is 5.56. The molecule has 0 aliphatic carbocycles. The van der Waals surface area contributed by atoms with Crippen molar-refractivity contribution in [3.8, 4) is 0 Å². The number of carboxylic acids is 1. The predicted octanol–water partition coefficient (Wildman–Crippen LogP) is 3.45. The van der Waals surface area contributed by atoms with E-state index in [4.69, 9.17) is 21.4 Å². The van der Waals surface area contributed by atoms with Gasteiger partial charge in [-0.25, -0.2) is 0 Å². The van der Waals surface area contributed by atoms with Gasteiger partial charge in [0.25, 0.3) is 0 Å². The van der Waals surface area contributed by atoms with Crippen LogP contribution in [0.1, 0.15) is 51.4 Å². The van der Waals surface area contributed by atoms with E-state index in [2.05, 4.69) is 0 Å². The van der Waals surface area contributed by atoms with Crippen molar-refractivity contribution in [3.05, 3.63) is 0 Å². The third-order valence-electron chi connectivity index (χ3n) is 2.35. The number of hydrogen-bond donors (Lipinski definition) is 1. The predicted molar refractivity (Wildman–Crippen MR) is 66.1 cm³/mol. The van der Waals surface area contributed by atoms with E-state index in [-0.39, 0.29) is 6.42 Å². The van der Waals surface area contributed by atoms with Crippen molar-refractivity contribution in [2.45, 2.75) is 51.4 Å². The highest BCUT2D eigenvalue weighted by atomic mass is 35.5. The summed E-state index contributed by atoms with van der Waals surface area (Å²) in [6.45, 7) is 1.58. The van der Waals surface area contributed by atoms with Gasteiger partial charge >= 0.3 is 5.97 Å². The van der Waals surface area contributed by atoms with Gasteiger partial charge in [0, 0.05) is 25.5 Å². The van der Waals surface area contributed by atoms with Crippen LogP contribution in [0.5, 0.6) is 0 Å². The number of carboxylic acid groups (broad SMARTS) is 1. The van der Waals surface area contributed by atoms with E-state index in [1.165, 1.54) is 12.8 Å². The summed E-state index contributed by atoms with van der Waals surface area (Å²) < 4.78 is 5.44. The van der Waals surface area contributed by atoms with Crippen molar-refractivity contribution in [1.29, 1.82) is 0 Å². The number of halogens is 1. The standard InChI is InChI=1S/C12H23ClO3/c13-9-5-1-2-6-10-16-11-7-3-4-8-12(14)15/h1-11H2,(H,14,15). The first-order valence-corrected chi connectivity index (χ1v) is 6.66. The first kappa shape index (κ1) is 15.7. The van der Waals surface area contributed by atoms with Crippen LogP contribution in [-0.4, -0.2) is 30.2 Å². The van der Waals surface area contributed by atoms with Crippen molar-refractivity contribution >= 4 is 17.6 Å². The number of hydrogen-bond acceptors (Lipinski definition) is 2. The Bertz CT molecular complexity index is 162. The molecule has 0 saturated carbocycles. The van der Waals surface area contributed by atoms with E-state index in [0.717, 1.165) is 51.2 Å². The number of ether oxygens (including phenoxy) is 1. The molecule has 1 N–H and O–H groups in total. The van der Waals surface area contributed by atoms with Crippen LogP contribution in [-0.2, 0) is 9.53 Å². The molecule has 0 unspecified atom stereocenters. The third kappa shape index (κ3) is 13.7. The van der Waals surface area contributed by atoms with Crippen molar-refractivity contribution < 1.29 is 14.6 Å². The molecule has 16 heavy (non-hydrogen) atoms. The Kier molecular flexibility index (Phi) is 12.6. The molecule has 0 heterocycles. The minimum absolute atomic E-state index is 0.276. The normalized spacial score (nSPS) is 10.6. The van der Waals surface area contributed by atoms with Crippen molar-refractivity contribution in [1.82, 2.24) is 0 Å². The molecular formula is C12H23ClO3. The second-order valence-corrected chi connectivity index (χ2v) is 4.30. The second-order valence-electron chi connectivity index (χ2n) is 3.92. The summed E-state index contributed by atoms with van der Waals surface area (Å²) in [4.78, 5) is 10.2. The van der Waals surface area contributed by atoms with Crippen LogP contribution in [0.3, 0.4) is 0 Å². The molecule has 96 valence electrons. The van der Waals surface area contributed by atoms with Crippen LogP contribution in [0.25, 0.3) is 0 Å². The average Bonchev–Trinajstić information content (AvgIpc) is 2.25. The fourth-order valence-corrected chi connectivity index (χ4v) is 1.60.